The van der Waals surface area contributed by atoms with Crippen molar-refractivity contribution in [1.82, 2.24) is 10.2 Å². The third kappa shape index (κ3) is 6.39. The molecule has 0 aliphatic rings. The van der Waals surface area contributed by atoms with Crippen molar-refractivity contribution in [3.8, 4) is 0 Å². The molecule has 1 atom stereocenters. The first-order valence-corrected chi connectivity index (χ1v) is 5.97. The highest BCUT2D eigenvalue weighted by molar-refractivity contribution is 4.64. The second kappa shape index (κ2) is 8.25. The normalized spacial score (nSPS) is 13.9. The summed E-state index contributed by atoms with van der Waals surface area (Å²) in [5.41, 5.74) is 0. The van der Waals surface area contributed by atoms with Gasteiger partial charge >= 0.3 is 0 Å². The Labute approximate surface area is 90.1 Å². The SMILES string of the molecule is CCC(CC)CN(C)CC(C)CNC. The van der Waals surface area contributed by atoms with E-state index in [0.717, 1.165) is 18.4 Å². The van der Waals surface area contributed by atoms with Gasteiger partial charge in [-0.1, -0.05) is 33.6 Å². The van der Waals surface area contributed by atoms with E-state index in [0.29, 0.717) is 0 Å². The van der Waals surface area contributed by atoms with Gasteiger partial charge in [-0.15, -0.1) is 0 Å². The monoisotopic (exact) mass is 200 g/mol. The third-order valence-electron chi connectivity index (χ3n) is 2.90. The zero-order valence-electron chi connectivity index (χ0n) is 10.6. The maximum Gasteiger partial charge on any atom is 0.00162 e. The van der Waals surface area contributed by atoms with Crippen molar-refractivity contribution >= 4 is 0 Å². The smallest absolute Gasteiger partial charge is 0.00162 e. The van der Waals surface area contributed by atoms with Gasteiger partial charge in [0.1, 0.15) is 0 Å². The molecule has 0 aromatic carbocycles. The second-order valence-corrected chi connectivity index (χ2v) is 4.57. The molecule has 0 aliphatic carbocycles. The minimum atomic E-state index is 0.749. The molecule has 2 nitrogen and oxygen atoms in total. The van der Waals surface area contributed by atoms with Crippen LogP contribution in [0.4, 0.5) is 0 Å². The predicted octanol–water partition coefficient (Wildman–Crippen LogP) is 2.21. The first-order chi connectivity index (χ1) is 6.63. The Morgan fingerprint density at radius 1 is 1.14 bits per heavy atom. The average molecular weight is 200 g/mol. The summed E-state index contributed by atoms with van der Waals surface area (Å²) in [5.74, 6) is 1.63. The van der Waals surface area contributed by atoms with Crippen LogP contribution in [0.1, 0.15) is 33.6 Å². The molecule has 0 amide bonds. The number of hydrogen-bond acceptors (Lipinski definition) is 2. The predicted molar refractivity (Wildman–Crippen MR) is 64.7 cm³/mol. The van der Waals surface area contributed by atoms with Gasteiger partial charge in [0.25, 0.3) is 0 Å². The van der Waals surface area contributed by atoms with E-state index in [1.807, 2.05) is 7.05 Å². The molecule has 0 aromatic rings. The molecular formula is C12H28N2. The molecule has 0 aromatic heterocycles. The van der Waals surface area contributed by atoms with Gasteiger partial charge in [0, 0.05) is 13.1 Å². The molecule has 0 fully saturated rings. The minimum absolute atomic E-state index is 0.749. The summed E-state index contributed by atoms with van der Waals surface area (Å²) in [4.78, 5) is 2.47. The average Bonchev–Trinajstić information content (AvgIpc) is 2.14. The van der Waals surface area contributed by atoms with Crippen molar-refractivity contribution in [2.45, 2.75) is 33.6 Å². The van der Waals surface area contributed by atoms with Gasteiger partial charge in [-0.2, -0.15) is 0 Å². The quantitative estimate of drug-likeness (QED) is 0.646. The number of nitrogens with zero attached hydrogens (tertiary/aromatic N) is 1. The molecule has 0 saturated carbocycles. The molecule has 0 saturated heterocycles. The Balaban J connectivity index is 3.67. The standard InChI is InChI=1S/C12H28N2/c1-6-12(7-2)10-14(5)9-11(3)8-13-4/h11-13H,6-10H2,1-5H3. The summed E-state index contributed by atoms with van der Waals surface area (Å²) in [6.07, 6.45) is 2.61. The highest BCUT2D eigenvalue weighted by atomic mass is 15.1. The molecule has 86 valence electrons. The Morgan fingerprint density at radius 2 is 1.71 bits per heavy atom. The van der Waals surface area contributed by atoms with E-state index in [1.54, 1.807) is 0 Å². The van der Waals surface area contributed by atoms with Crippen LogP contribution in [-0.2, 0) is 0 Å². The maximum absolute atomic E-state index is 3.23. The molecule has 0 rings (SSSR count). The molecule has 14 heavy (non-hydrogen) atoms. The molecule has 0 spiro atoms. The largest absolute Gasteiger partial charge is 0.319 e. The molecule has 2 heteroatoms. The number of rotatable bonds is 8. The fourth-order valence-corrected chi connectivity index (χ4v) is 2.01. The highest BCUT2D eigenvalue weighted by Crippen LogP contribution is 2.09. The summed E-state index contributed by atoms with van der Waals surface area (Å²) in [7, 11) is 4.27. The highest BCUT2D eigenvalue weighted by Gasteiger charge is 2.10. The van der Waals surface area contributed by atoms with E-state index in [9.17, 15) is 0 Å². The van der Waals surface area contributed by atoms with Crippen LogP contribution in [-0.4, -0.2) is 38.6 Å². The van der Waals surface area contributed by atoms with Gasteiger partial charge < -0.3 is 10.2 Å². The van der Waals surface area contributed by atoms with Crippen molar-refractivity contribution < 1.29 is 0 Å². The Bertz CT molecular complexity index is 121. The first kappa shape index (κ1) is 13.9. The van der Waals surface area contributed by atoms with Crippen LogP contribution in [0.2, 0.25) is 0 Å². The third-order valence-corrected chi connectivity index (χ3v) is 2.90. The lowest BCUT2D eigenvalue weighted by atomic mass is 10.0. The Morgan fingerprint density at radius 3 is 2.14 bits per heavy atom. The topological polar surface area (TPSA) is 15.3 Å². The number of nitrogens with one attached hydrogen (secondary N) is 1. The summed E-state index contributed by atoms with van der Waals surface area (Å²) < 4.78 is 0. The molecule has 1 unspecified atom stereocenters. The molecule has 0 heterocycles. The van der Waals surface area contributed by atoms with Crippen LogP contribution in [0.15, 0.2) is 0 Å². The van der Waals surface area contributed by atoms with Crippen LogP contribution in [0.25, 0.3) is 0 Å². The van der Waals surface area contributed by atoms with Crippen molar-refractivity contribution in [2.24, 2.45) is 11.8 Å². The van der Waals surface area contributed by atoms with Gasteiger partial charge in [-0.05, 0) is 32.5 Å². The van der Waals surface area contributed by atoms with Crippen LogP contribution in [0.3, 0.4) is 0 Å². The van der Waals surface area contributed by atoms with Crippen LogP contribution in [0, 0.1) is 11.8 Å². The lowest BCUT2D eigenvalue weighted by Crippen LogP contribution is -2.32. The van der Waals surface area contributed by atoms with E-state index in [4.69, 9.17) is 0 Å². The van der Waals surface area contributed by atoms with Crippen LogP contribution >= 0.6 is 0 Å². The van der Waals surface area contributed by atoms with E-state index in [1.165, 1.54) is 25.9 Å². The minimum Gasteiger partial charge on any atom is -0.319 e. The van der Waals surface area contributed by atoms with E-state index < -0.39 is 0 Å². The van der Waals surface area contributed by atoms with Gasteiger partial charge in [0.2, 0.25) is 0 Å². The van der Waals surface area contributed by atoms with Gasteiger partial charge in [-0.3, -0.25) is 0 Å². The Hall–Kier alpha value is -0.0800. The van der Waals surface area contributed by atoms with Crippen molar-refractivity contribution in [3.05, 3.63) is 0 Å². The van der Waals surface area contributed by atoms with Crippen LogP contribution in [0.5, 0.6) is 0 Å². The molecule has 1 N–H and O–H groups in total. The fraction of sp³-hybridized carbons (Fsp3) is 1.00. The van der Waals surface area contributed by atoms with E-state index in [-0.39, 0.29) is 0 Å². The van der Waals surface area contributed by atoms with E-state index in [2.05, 4.69) is 38.0 Å². The maximum atomic E-state index is 3.23. The molecule has 0 radical (unpaired) electrons. The second-order valence-electron chi connectivity index (χ2n) is 4.57. The summed E-state index contributed by atoms with van der Waals surface area (Å²) in [5, 5.41) is 3.23. The van der Waals surface area contributed by atoms with Gasteiger partial charge in [0.15, 0.2) is 0 Å². The van der Waals surface area contributed by atoms with Crippen LogP contribution < -0.4 is 5.32 Å². The molecule has 0 bridgehead atoms. The summed E-state index contributed by atoms with van der Waals surface area (Å²) in [6.45, 7) is 10.5. The fourth-order valence-electron chi connectivity index (χ4n) is 2.01. The molecule has 0 aliphatic heterocycles. The zero-order chi connectivity index (χ0) is 11.0. The van der Waals surface area contributed by atoms with Crippen molar-refractivity contribution in [3.63, 3.8) is 0 Å². The Kier molecular flexibility index (Phi) is 8.20. The lowest BCUT2D eigenvalue weighted by molar-refractivity contribution is 0.235. The number of hydrogen-bond donors (Lipinski definition) is 1. The summed E-state index contributed by atoms with van der Waals surface area (Å²) >= 11 is 0. The zero-order valence-corrected chi connectivity index (χ0v) is 10.6. The van der Waals surface area contributed by atoms with Gasteiger partial charge in [0.05, 0.1) is 0 Å². The van der Waals surface area contributed by atoms with Crippen molar-refractivity contribution in [1.29, 1.82) is 0 Å². The van der Waals surface area contributed by atoms with Crippen molar-refractivity contribution in [2.75, 3.05) is 33.7 Å². The first-order valence-electron chi connectivity index (χ1n) is 5.97. The van der Waals surface area contributed by atoms with Gasteiger partial charge in [-0.25, -0.2) is 0 Å². The lowest BCUT2D eigenvalue weighted by Gasteiger charge is -2.25. The molecular weight excluding hydrogens is 172 g/mol. The van der Waals surface area contributed by atoms with E-state index >= 15 is 0 Å². The summed E-state index contributed by atoms with van der Waals surface area (Å²) in [6, 6.07) is 0.